The zero-order valence-corrected chi connectivity index (χ0v) is 17.1. The highest BCUT2D eigenvalue weighted by molar-refractivity contribution is 7.90. The highest BCUT2D eigenvalue weighted by atomic mass is 32.2. The highest BCUT2D eigenvalue weighted by Crippen LogP contribution is 2.22. The van der Waals surface area contributed by atoms with Crippen molar-refractivity contribution in [2.45, 2.75) is 24.7 Å². The monoisotopic (exact) mass is 420 g/mol. The molecule has 8 heteroatoms. The van der Waals surface area contributed by atoms with Crippen molar-refractivity contribution in [3.8, 4) is 5.69 Å². The van der Waals surface area contributed by atoms with Crippen molar-refractivity contribution in [2.24, 2.45) is 0 Å². The second-order valence-electron chi connectivity index (χ2n) is 6.91. The largest absolute Gasteiger partial charge is 0.296 e. The van der Waals surface area contributed by atoms with E-state index >= 15 is 0 Å². The summed E-state index contributed by atoms with van der Waals surface area (Å²) in [5.74, 6) is 0.0929. The number of pyridine rings is 1. The van der Waals surface area contributed by atoms with Gasteiger partial charge in [-0.25, -0.2) is 18.1 Å². The minimum atomic E-state index is -3.96. The Hall–Kier alpha value is -3.52. The Balaban J connectivity index is 1.56. The zero-order chi connectivity index (χ0) is 21.1. The first-order valence-electron chi connectivity index (χ1n) is 9.43. The average Bonchev–Trinajstić information content (AvgIpc) is 3.11. The first-order chi connectivity index (χ1) is 14.4. The van der Waals surface area contributed by atoms with E-state index in [0.29, 0.717) is 11.4 Å². The van der Waals surface area contributed by atoms with Crippen LogP contribution < -0.4 is 4.72 Å². The van der Waals surface area contributed by atoms with Crippen LogP contribution in [0.5, 0.6) is 0 Å². The van der Waals surface area contributed by atoms with Crippen LogP contribution in [0.3, 0.4) is 0 Å². The van der Waals surface area contributed by atoms with Crippen molar-refractivity contribution in [2.75, 3.05) is 0 Å². The third-order valence-electron chi connectivity index (χ3n) is 4.63. The summed E-state index contributed by atoms with van der Waals surface area (Å²) in [6.07, 6.45) is 3.04. The van der Waals surface area contributed by atoms with Gasteiger partial charge >= 0.3 is 0 Å². The summed E-state index contributed by atoms with van der Waals surface area (Å²) in [6, 6.07) is 18.9. The van der Waals surface area contributed by atoms with E-state index in [2.05, 4.69) is 14.7 Å². The fourth-order valence-corrected chi connectivity index (χ4v) is 4.33. The summed E-state index contributed by atoms with van der Waals surface area (Å²) in [5.41, 5.74) is 3.37. The van der Waals surface area contributed by atoms with E-state index in [1.807, 2.05) is 59.2 Å². The third-order valence-corrected chi connectivity index (χ3v) is 5.97. The van der Waals surface area contributed by atoms with Crippen molar-refractivity contribution in [1.82, 2.24) is 19.3 Å². The molecule has 2 aromatic heterocycles. The Kier molecular flexibility index (Phi) is 5.33. The van der Waals surface area contributed by atoms with E-state index in [0.717, 1.165) is 16.7 Å². The van der Waals surface area contributed by atoms with E-state index in [4.69, 9.17) is 0 Å². The molecule has 2 aromatic carbocycles. The second kappa shape index (κ2) is 8.08. The van der Waals surface area contributed by atoms with Crippen LogP contribution in [0.2, 0.25) is 0 Å². The van der Waals surface area contributed by atoms with Crippen LogP contribution in [0.1, 0.15) is 17.8 Å². The van der Waals surface area contributed by atoms with Crippen molar-refractivity contribution in [3.05, 3.63) is 84.4 Å². The molecule has 0 aliphatic rings. The Morgan fingerprint density at radius 1 is 1.03 bits per heavy atom. The fourth-order valence-electron chi connectivity index (χ4n) is 3.27. The number of carbonyl (C=O) groups is 1. The molecular formula is C22H20N4O3S. The van der Waals surface area contributed by atoms with Crippen LogP contribution in [0.25, 0.3) is 16.7 Å². The van der Waals surface area contributed by atoms with Gasteiger partial charge in [0.2, 0.25) is 5.91 Å². The van der Waals surface area contributed by atoms with Gasteiger partial charge in [-0.05, 0) is 42.8 Å². The quantitative estimate of drug-likeness (QED) is 0.517. The Bertz CT molecular complexity index is 1310. The van der Waals surface area contributed by atoms with E-state index in [1.165, 1.54) is 12.3 Å². The molecule has 4 aromatic rings. The molecule has 0 saturated heterocycles. The predicted octanol–water partition coefficient (Wildman–Crippen LogP) is 3.17. The van der Waals surface area contributed by atoms with Gasteiger partial charge in [-0.15, -0.1) is 0 Å². The molecule has 30 heavy (non-hydrogen) atoms. The number of aromatic nitrogens is 3. The lowest BCUT2D eigenvalue weighted by Gasteiger charge is -2.10. The second-order valence-corrected chi connectivity index (χ2v) is 8.60. The maximum atomic E-state index is 12.4. The molecule has 4 rings (SSSR count). The Morgan fingerprint density at radius 3 is 2.53 bits per heavy atom. The lowest BCUT2D eigenvalue weighted by molar-refractivity contribution is -0.119. The molecule has 0 unspecified atom stereocenters. The van der Waals surface area contributed by atoms with Gasteiger partial charge in [0, 0.05) is 30.9 Å². The number of nitrogens with zero attached hydrogens (tertiary/aromatic N) is 3. The minimum Gasteiger partial charge on any atom is -0.296 e. The molecule has 0 aliphatic heterocycles. The maximum absolute atomic E-state index is 12.4. The Morgan fingerprint density at radius 2 is 1.77 bits per heavy atom. The summed E-state index contributed by atoms with van der Waals surface area (Å²) in [7, 11) is -3.96. The number of imidazole rings is 1. The summed E-state index contributed by atoms with van der Waals surface area (Å²) < 4.78 is 29.0. The molecule has 0 saturated carbocycles. The minimum absolute atomic E-state index is 0.0192. The van der Waals surface area contributed by atoms with Crippen LogP contribution in [-0.2, 0) is 21.2 Å². The van der Waals surface area contributed by atoms with Crippen LogP contribution in [0.4, 0.5) is 0 Å². The number of sulfonamides is 1. The standard InChI is InChI=1S/C22H20N4O3S/c1-16-13-18(15-23-14-16)30(28,29)25-22(27)12-11-21-24-19-9-5-6-10-20(19)26(21)17-7-3-2-4-8-17/h2-10,13-15H,11-12H2,1H3,(H,25,27). The zero-order valence-electron chi connectivity index (χ0n) is 16.3. The number of hydrogen-bond donors (Lipinski definition) is 1. The number of hydrogen-bond acceptors (Lipinski definition) is 5. The van der Waals surface area contributed by atoms with Crippen molar-refractivity contribution >= 4 is 27.0 Å². The molecular weight excluding hydrogens is 400 g/mol. The van der Waals surface area contributed by atoms with Gasteiger partial charge in [0.1, 0.15) is 10.7 Å². The maximum Gasteiger partial charge on any atom is 0.265 e. The number of rotatable bonds is 6. The smallest absolute Gasteiger partial charge is 0.265 e. The van der Waals surface area contributed by atoms with Crippen LogP contribution in [0, 0.1) is 6.92 Å². The molecule has 0 spiro atoms. The lowest BCUT2D eigenvalue weighted by atomic mass is 10.2. The number of carbonyl (C=O) groups excluding carboxylic acids is 1. The molecule has 0 aliphatic carbocycles. The lowest BCUT2D eigenvalue weighted by Crippen LogP contribution is -2.31. The number of aryl methyl sites for hydroxylation is 2. The molecule has 1 N–H and O–H groups in total. The van der Waals surface area contributed by atoms with Gasteiger partial charge in [-0.1, -0.05) is 30.3 Å². The van der Waals surface area contributed by atoms with Gasteiger partial charge in [-0.3, -0.25) is 14.3 Å². The number of benzene rings is 2. The van der Waals surface area contributed by atoms with Crippen molar-refractivity contribution < 1.29 is 13.2 Å². The first-order valence-corrected chi connectivity index (χ1v) is 10.9. The molecule has 7 nitrogen and oxygen atoms in total. The van der Waals surface area contributed by atoms with Crippen LogP contribution >= 0.6 is 0 Å². The molecule has 0 atom stereocenters. The number of fused-ring (bicyclic) bond motifs is 1. The van der Waals surface area contributed by atoms with Gasteiger partial charge in [0.05, 0.1) is 11.0 Å². The summed E-state index contributed by atoms with van der Waals surface area (Å²) in [6.45, 7) is 1.74. The summed E-state index contributed by atoms with van der Waals surface area (Å²) >= 11 is 0. The number of amides is 1. The SMILES string of the molecule is Cc1cncc(S(=O)(=O)NC(=O)CCc2nc3ccccc3n2-c2ccccc2)c1. The summed E-state index contributed by atoms with van der Waals surface area (Å²) in [5, 5.41) is 0. The molecule has 0 bridgehead atoms. The topological polar surface area (TPSA) is 93.9 Å². The molecule has 0 fully saturated rings. The van der Waals surface area contributed by atoms with Gasteiger partial charge in [0.25, 0.3) is 10.0 Å². The van der Waals surface area contributed by atoms with Gasteiger partial charge in [0.15, 0.2) is 0 Å². The average molecular weight is 420 g/mol. The van der Waals surface area contributed by atoms with Gasteiger partial charge in [-0.2, -0.15) is 0 Å². The summed E-state index contributed by atoms with van der Waals surface area (Å²) in [4.78, 5) is 20.9. The predicted molar refractivity (Wildman–Crippen MR) is 114 cm³/mol. The molecule has 2 heterocycles. The number of para-hydroxylation sites is 3. The number of nitrogens with one attached hydrogen (secondary N) is 1. The van der Waals surface area contributed by atoms with Crippen molar-refractivity contribution in [1.29, 1.82) is 0 Å². The van der Waals surface area contributed by atoms with Crippen LogP contribution in [0.15, 0.2) is 78.0 Å². The van der Waals surface area contributed by atoms with E-state index < -0.39 is 15.9 Å². The third kappa shape index (κ3) is 4.08. The normalized spacial score (nSPS) is 11.5. The molecule has 152 valence electrons. The van der Waals surface area contributed by atoms with Crippen LogP contribution in [-0.4, -0.2) is 28.9 Å². The van der Waals surface area contributed by atoms with Crippen molar-refractivity contribution in [3.63, 3.8) is 0 Å². The van der Waals surface area contributed by atoms with E-state index in [-0.39, 0.29) is 17.7 Å². The van der Waals surface area contributed by atoms with E-state index in [9.17, 15) is 13.2 Å². The molecule has 0 radical (unpaired) electrons. The molecule has 1 amide bonds. The fraction of sp³-hybridized carbons (Fsp3) is 0.136. The Labute approximate surface area is 174 Å². The van der Waals surface area contributed by atoms with Gasteiger partial charge < -0.3 is 0 Å². The first kappa shape index (κ1) is 19.8. The van der Waals surface area contributed by atoms with E-state index in [1.54, 1.807) is 13.1 Å². The highest BCUT2D eigenvalue weighted by Gasteiger charge is 2.19.